The summed E-state index contributed by atoms with van der Waals surface area (Å²) >= 11 is 0. The third-order valence-electron chi connectivity index (χ3n) is 4.42. The first kappa shape index (κ1) is 17.4. The van der Waals surface area contributed by atoms with E-state index in [2.05, 4.69) is 56.7 Å². The molecule has 2 aromatic heterocycles. The molecule has 0 radical (unpaired) electrons. The van der Waals surface area contributed by atoms with E-state index in [1.54, 1.807) is 6.20 Å². The molecule has 0 saturated carbocycles. The zero-order chi connectivity index (χ0) is 18.3. The summed E-state index contributed by atoms with van der Waals surface area (Å²) in [7, 11) is 0. The summed E-state index contributed by atoms with van der Waals surface area (Å²) in [5, 5.41) is 3.31. The van der Waals surface area contributed by atoms with Crippen LogP contribution in [0.1, 0.15) is 24.0 Å². The highest BCUT2D eigenvalue weighted by Crippen LogP contribution is 2.21. The summed E-state index contributed by atoms with van der Waals surface area (Å²) in [4.78, 5) is 13.3. The van der Waals surface area contributed by atoms with Crippen LogP contribution in [0.3, 0.4) is 0 Å². The van der Waals surface area contributed by atoms with E-state index in [4.69, 9.17) is 4.74 Å². The van der Waals surface area contributed by atoms with Crippen LogP contribution >= 0.6 is 0 Å². The first-order valence-corrected chi connectivity index (χ1v) is 9.23. The van der Waals surface area contributed by atoms with Crippen molar-refractivity contribution < 1.29 is 4.74 Å². The van der Waals surface area contributed by atoms with Crippen molar-refractivity contribution >= 4 is 11.6 Å². The molecule has 3 aromatic rings. The molecular weight excluding hydrogens is 336 g/mol. The van der Waals surface area contributed by atoms with Crippen LogP contribution in [0.4, 0.5) is 11.6 Å². The van der Waals surface area contributed by atoms with Crippen molar-refractivity contribution in [3.05, 3.63) is 78.3 Å². The molecule has 3 heterocycles. The van der Waals surface area contributed by atoms with E-state index in [-0.39, 0.29) is 0 Å². The van der Waals surface area contributed by atoms with Crippen LogP contribution in [0.5, 0.6) is 0 Å². The first-order chi connectivity index (χ1) is 13.4. The fraction of sp³-hybridized carbons (Fsp3) is 0.227. The molecule has 4 rings (SSSR count). The third kappa shape index (κ3) is 4.77. The van der Waals surface area contributed by atoms with Gasteiger partial charge in [-0.15, -0.1) is 0 Å². The monoisotopic (exact) mass is 358 g/mol. The second-order valence-electron chi connectivity index (χ2n) is 6.55. The molecule has 0 fully saturated rings. The zero-order valence-corrected chi connectivity index (χ0v) is 15.1. The maximum absolute atomic E-state index is 5.74. The maximum Gasteiger partial charge on any atom is 0.227 e. The van der Waals surface area contributed by atoms with Gasteiger partial charge >= 0.3 is 0 Å². The molecule has 1 N–H and O–H groups in total. The molecule has 0 saturated heterocycles. The summed E-state index contributed by atoms with van der Waals surface area (Å²) in [5.41, 5.74) is 5.12. The van der Waals surface area contributed by atoms with Crippen molar-refractivity contribution in [1.82, 2.24) is 15.0 Å². The van der Waals surface area contributed by atoms with Gasteiger partial charge in [-0.3, -0.25) is 4.98 Å². The first-order valence-electron chi connectivity index (χ1n) is 9.23. The summed E-state index contributed by atoms with van der Waals surface area (Å²) in [6.07, 6.45) is 12.9. The van der Waals surface area contributed by atoms with Gasteiger partial charge in [0.15, 0.2) is 0 Å². The van der Waals surface area contributed by atoms with E-state index >= 15 is 0 Å². The summed E-state index contributed by atoms with van der Waals surface area (Å²) in [6.45, 7) is 1.15. The Morgan fingerprint density at radius 1 is 1.00 bits per heavy atom. The number of aromatic nitrogens is 3. The van der Waals surface area contributed by atoms with Crippen molar-refractivity contribution in [3.8, 4) is 11.3 Å². The third-order valence-corrected chi connectivity index (χ3v) is 4.42. The minimum absolute atomic E-state index is 0.534. The highest BCUT2D eigenvalue weighted by atomic mass is 16.5. The molecule has 1 aliphatic rings. The molecule has 5 nitrogen and oxygen atoms in total. The van der Waals surface area contributed by atoms with Crippen LogP contribution in [-0.2, 0) is 17.8 Å². The number of pyridine rings is 1. The molecule has 1 aromatic carbocycles. The molecule has 1 aliphatic heterocycles. The molecule has 0 unspecified atom stereocenters. The molecule has 27 heavy (non-hydrogen) atoms. The SMILES string of the molecule is C1=CCOCc2cncc(c2)-c2ccnc(n2)Nc2cccc(c2)CCC1. The standard InChI is InChI=1S/C22H22N4O/c1-2-4-11-27-16-18-12-19(15-23-14-18)21-9-10-24-22(26-21)25-20-8-5-7-17(13-20)6-3-1/h2,4-5,7-10,12-15H,1,3,6,11,16H2,(H,24,25,26). The van der Waals surface area contributed by atoms with Crippen LogP contribution in [0, 0.1) is 0 Å². The van der Waals surface area contributed by atoms with Gasteiger partial charge in [-0.05, 0) is 54.7 Å². The fourth-order valence-corrected chi connectivity index (χ4v) is 3.07. The van der Waals surface area contributed by atoms with Gasteiger partial charge in [0.2, 0.25) is 5.95 Å². The molecular formula is C22H22N4O. The predicted molar refractivity (Wildman–Crippen MR) is 107 cm³/mol. The average Bonchev–Trinajstić information content (AvgIpc) is 2.70. The number of hydrogen-bond donors (Lipinski definition) is 1. The van der Waals surface area contributed by atoms with Gasteiger partial charge in [0, 0.05) is 29.8 Å². The Labute approximate surface area is 159 Å². The van der Waals surface area contributed by atoms with E-state index in [0.29, 0.717) is 19.2 Å². The van der Waals surface area contributed by atoms with Gasteiger partial charge in [0.05, 0.1) is 18.9 Å². The van der Waals surface area contributed by atoms with Crippen LogP contribution in [0.15, 0.2) is 67.1 Å². The van der Waals surface area contributed by atoms with E-state index in [1.807, 2.05) is 24.5 Å². The lowest BCUT2D eigenvalue weighted by molar-refractivity contribution is 0.148. The number of ether oxygens (including phenoxy) is 1. The smallest absolute Gasteiger partial charge is 0.227 e. The lowest BCUT2D eigenvalue weighted by atomic mass is 10.1. The Morgan fingerprint density at radius 3 is 3.00 bits per heavy atom. The van der Waals surface area contributed by atoms with E-state index in [1.165, 1.54) is 5.56 Å². The number of nitrogens with zero attached hydrogens (tertiary/aromatic N) is 3. The lowest BCUT2D eigenvalue weighted by Gasteiger charge is -2.09. The number of fused-ring (bicyclic) bond motifs is 7. The topological polar surface area (TPSA) is 59.9 Å². The summed E-state index contributed by atoms with van der Waals surface area (Å²) in [6, 6.07) is 12.4. The number of allylic oxidation sites excluding steroid dienone is 1. The van der Waals surface area contributed by atoms with Gasteiger partial charge in [0.25, 0.3) is 0 Å². The van der Waals surface area contributed by atoms with Crippen LogP contribution in [-0.4, -0.2) is 21.6 Å². The van der Waals surface area contributed by atoms with Gasteiger partial charge in [0.1, 0.15) is 0 Å². The van der Waals surface area contributed by atoms with E-state index in [0.717, 1.165) is 41.8 Å². The van der Waals surface area contributed by atoms with Crippen molar-refractivity contribution in [2.45, 2.75) is 25.9 Å². The fourth-order valence-electron chi connectivity index (χ4n) is 3.07. The number of benzene rings is 1. The number of rotatable bonds is 0. The Hall–Kier alpha value is -3.05. The van der Waals surface area contributed by atoms with Crippen molar-refractivity contribution in [3.63, 3.8) is 0 Å². The minimum Gasteiger partial charge on any atom is -0.373 e. The lowest BCUT2D eigenvalue weighted by Crippen LogP contribution is -2.00. The van der Waals surface area contributed by atoms with Crippen molar-refractivity contribution in [1.29, 1.82) is 0 Å². The number of aryl methyl sites for hydroxylation is 1. The zero-order valence-electron chi connectivity index (χ0n) is 15.1. The number of nitrogens with one attached hydrogen (secondary N) is 1. The highest BCUT2D eigenvalue weighted by molar-refractivity contribution is 5.62. The molecule has 0 amide bonds. The van der Waals surface area contributed by atoms with Gasteiger partial charge in [-0.2, -0.15) is 0 Å². The Kier molecular flexibility index (Phi) is 5.50. The highest BCUT2D eigenvalue weighted by Gasteiger charge is 2.06. The number of anilines is 2. The van der Waals surface area contributed by atoms with Crippen LogP contribution in [0.25, 0.3) is 11.3 Å². The maximum atomic E-state index is 5.74. The van der Waals surface area contributed by atoms with E-state index < -0.39 is 0 Å². The Morgan fingerprint density at radius 2 is 2.00 bits per heavy atom. The second-order valence-corrected chi connectivity index (χ2v) is 6.55. The largest absolute Gasteiger partial charge is 0.373 e. The molecule has 5 heteroatoms. The van der Waals surface area contributed by atoms with Gasteiger partial charge in [-0.1, -0.05) is 24.3 Å². The van der Waals surface area contributed by atoms with Gasteiger partial charge < -0.3 is 10.1 Å². The van der Waals surface area contributed by atoms with Crippen LogP contribution in [0.2, 0.25) is 0 Å². The number of hydrogen-bond acceptors (Lipinski definition) is 5. The summed E-state index contributed by atoms with van der Waals surface area (Å²) < 4.78 is 5.74. The minimum atomic E-state index is 0.534. The van der Waals surface area contributed by atoms with Crippen molar-refractivity contribution in [2.24, 2.45) is 0 Å². The van der Waals surface area contributed by atoms with Crippen molar-refractivity contribution in [2.75, 3.05) is 11.9 Å². The molecule has 0 atom stereocenters. The Bertz CT molecular complexity index is 939. The summed E-state index contributed by atoms with van der Waals surface area (Å²) in [5.74, 6) is 0.579. The Balaban J connectivity index is 1.66. The molecule has 136 valence electrons. The molecule has 0 spiro atoms. The van der Waals surface area contributed by atoms with E-state index in [9.17, 15) is 0 Å². The predicted octanol–water partition coefficient (Wildman–Crippen LogP) is 4.69. The average molecular weight is 358 g/mol. The molecule has 0 aliphatic carbocycles. The normalized spacial score (nSPS) is 14.7. The van der Waals surface area contributed by atoms with Gasteiger partial charge in [-0.25, -0.2) is 9.97 Å². The second kappa shape index (κ2) is 8.56. The quantitative estimate of drug-likeness (QED) is 0.591. The molecule has 6 bridgehead atoms. The van der Waals surface area contributed by atoms with Crippen LogP contribution < -0.4 is 5.32 Å².